The van der Waals surface area contributed by atoms with Gasteiger partial charge in [-0.05, 0) is 47.7 Å². The molecule has 0 aliphatic rings. The van der Waals surface area contributed by atoms with E-state index in [2.05, 4.69) is 53.3 Å². The average molecular weight is 525 g/mol. The molecule has 1 heterocycles. The first-order valence-corrected chi connectivity index (χ1v) is 12.6. The summed E-state index contributed by atoms with van der Waals surface area (Å²) in [7, 11) is 1.30. The zero-order valence-electron chi connectivity index (χ0n) is 22.7. The predicted molar refractivity (Wildman–Crippen MR) is 151 cm³/mol. The van der Waals surface area contributed by atoms with E-state index in [4.69, 9.17) is 0 Å². The molecule has 4 aromatic rings. The fourth-order valence-electron chi connectivity index (χ4n) is 4.11. The number of carbonyl (C=O) groups is 2. The van der Waals surface area contributed by atoms with Gasteiger partial charge in [-0.3, -0.25) is 9.48 Å². The van der Waals surface area contributed by atoms with Crippen molar-refractivity contribution in [3.05, 3.63) is 107 Å². The number of benzene rings is 3. The number of nitrogens with one attached hydrogen (secondary N) is 1. The number of hydrazone groups is 1. The second-order valence-corrected chi connectivity index (χ2v) is 10.2. The Kier molecular flexibility index (Phi) is 7.95. The number of amides is 1. The van der Waals surface area contributed by atoms with Gasteiger partial charge in [0.25, 0.3) is 5.91 Å². The van der Waals surface area contributed by atoms with Crippen molar-refractivity contribution in [3.8, 4) is 17.0 Å². The second-order valence-electron chi connectivity index (χ2n) is 10.2. The monoisotopic (exact) mass is 524 g/mol. The van der Waals surface area contributed by atoms with Crippen molar-refractivity contribution < 1.29 is 19.4 Å². The largest absolute Gasteiger partial charge is 0.504 e. The Morgan fingerprint density at radius 1 is 0.949 bits per heavy atom. The van der Waals surface area contributed by atoms with Crippen LogP contribution >= 0.6 is 0 Å². The van der Waals surface area contributed by atoms with Crippen LogP contribution in [-0.4, -0.2) is 39.6 Å². The highest BCUT2D eigenvalue weighted by Gasteiger charge is 2.22. The van der Waals surface area contributed by atoms with Crippen molar-refractivity contribution in [2.24, 2.45) is 5.10 Å². The van der Waals surface area contributed by atoms with E-state index in [1.165, 1.54) is 36.9 Å². The van der Waals surface area contributed by atoms with Crippen molar-refractivity contribution in [2.75, 3.05) is 7.11 Å². The molecule has 8 heteroatoms. The molecule has 0 radical (unpaired) electrons. The Balaban J connectivity index is 1.65. The first-order valence-electron chi connectivity index (χ1n) is 12.6. The summed E-state index contributed by atoms with van der Waals surface area (Å²) in [6.07, 6.45) is 0. The van der Waals surface area contributed by atoms with Crippen molar-refractivity contribution in [1.82, 2.24) is 15.2 Å². The van der Waals surface area contributed by atoms with E-state index in [0.717, 1.165) is 11.1 Å². The molecule has 0 unspecified atom stereocenters. The molecule has 1 aromatic heterocycles. The van der Waals surface area contributed by atoms with Crippen molar-refractivity contribution >= 4 is 17.6 Å². The third-order valence-electron chi connectivity index (χ3n) is 6.36. The molecule has 4 rings (SSSR count). The van der Waals surface area contributed by atoms with Crippen molar-refractivity contribution in [1.29, 1.82) is 0 Å². The van der Waals surface area contributed by atoms with E-state index in [1.54, 1.807) is 11.6 Å². The van der Waals surface area contributed by atoms with Crippen LogP contribution in [-0.2, 0) is 16.7 Å². The fourth-order valence-corrected chi connectivity index (χ4v) is 4.11. The lowest BCUT2D eigenvalue weighted by Gasteiger charge is -2.19. The Hall–Kier alpha value is -4.72. The Bertz CT molecular complexity index is 1500. The molecule has 39 heavy (non-hydrogen) atoms. The molecular weight excluding hydrogens is 492 g/mol. The average Bonchev–Trinajstić information content (AvgIpc) is 3.26. The first kappa shape index (κ1) is 27.3. The second kappa shape index (κ2) is 11.3. The number of carbonyl (C=O) groups excluding carboxylic acids is 2. The summed E-state index contributed by atoms with van der Waals surface area (Å²) in [5.41, 5.74) is 7.35. The number of ether oxygens (including phenoxy) is 1. The fraction of sp³-hybridized carbons (Fsp3) is 0.226. The number of hydrogen-bond acceptors (Lipinski definition) is 6. The van der Waals surface area contributed by atoms with Gasteiger partial charge in [-0.1, -0.05) is 75.4 Å². The molecule has 0 spiro atoms. The molecule has 200 valence electrons. The minimum atomic E-state index is -0.485. The SMILES string of the molecule is COC(=O)c1ccc(C(=O)N/N=C(/C)c2nn(Cc3ccccc3)c(-c3ccc(C(C)(C)C)cc3)c2O)cc1. The van der Waals surface area contributed by atoms with Crippen LogP contribution in [0.25, 0.3) is 11.3 Å². The molecule has 0 saturated heterocycles. The van der Waals surface area contributed by atoms with Gasteiger partial charge < -0.3 is 9.84 Å². The van der Waals surface area contributed by atoms with Gasteiger partial charge in [-0.15, -0.1) is 0 Å². The standard InChI is InChI=1S/C31H32N4O4/c1-20(32-33-29(37)23-11-13-24(14-12-23)30(38)39-5)26-28(36)27(22-15-17-25(18-16-22)31(2,3)4)35(34-26)19-21-9-7-6-8-10-21/h6-18,36H,19H2,1-5H3,(H,33,37)/b32-20-. The molecule has 8 nitrogen and oxygen atoms in total. The van der Waals surface area contributed by atoms with Crippen LogP contribution in [0.15, 0.2) is 84.0 Å². The van der Waals surface area contributed by atoms with E-state index >= 15 is 0 Å². The zero-order valence-corrected chi connectivity index (χ0v) is 22.7. The van der Waals surface area contributed by atoms with E-state index in [1.807, 2.05) is 42.5 Å². The summed E-state index contributed by atoms with van der Waals surface area (Å²) in [4.78, 5) is 24.3. The molecule has 0 atom stereocenters. The summed E-state index contributed by atoms with van der Waals surface area (Å²) in [6, 6.07) is 24.0. The quantitative estimate of drug-likeness (QED) is 0.188. The highest BCUT2D eigenvalue weighted by Crippen LogP contribution is 2.34. The normalized spacial score (nSPS) is 11.8. The van der Waals surface area contributed by atoms with Gasteiger partial charge in [0.2, 0.25) is 0 Å². The van der Waals surface area contributed by atoms with Gasteiger partial charge in [0.05, 0.1) is 24.9 Å². The Morgan fingerprint density at radius 3 is 2.15 bits per heavy atom. The number of hydrogen-bond donors (Lipinski definition) is 2. The maximum absolute atomic E-state index is 12.6. The number of aromatic nitrogens is 2. The number of esters is 1. The van der Waals surface area contributed by atoms with E-state index in [9.17, 15) is 14.7 Å². The van der Waals surface area contributed by atoms with E-state index < -0.39 is 11.9 Å². The molecule has 0 bridgehead atoms. The molecule has 0 saturated carbocycles. The smallest absolute Gasteiger partial charge is 0.337 e. The summed E-state index contributed by atoms with van der Waals surface area (Å²) in [5, 5.41) is 20.2. The number of methoxy groups -OCH3 is 1. The van der Waals surface area contributed by atoms with Crippen LogP contribution in [0.5, 0.6) is 5.75 Å². The van der Waals surface area contributed by atoms with Crippen LogP contribution in [0.4, 0.5) is 0 Å². The predicted octanol–water partition coefficient (Wildman–Crippen LogP) is 5.54. The highest BCUT2D eigenvalue weighted by molar-refractivity contribution is 6.02. The number of aromatic hydroxyl groups is 1. The Morgan fingerprint density at radius 2 is 1.56 bits per heavy atom. The molecular formula is C31H32N4O4. The third kappa shape index (κ3) is 6.23. The molecule has 0 fully saturated rings. The molecule has 3 aromatic carbocycles. The van der Waals surface area contributed by atoms with Gasteiger partial charge in [0, 0.05) is 11.1 Å². The maximum atomic E-state index is 12.6. The first-order chi connectivity index (χ1) is 18.6. The minimum absolute atomic E-state index is 0.00288. The lowest BCUT2D eigenvalue weighted by Crippen LogP contribution is -2.19. The topological polar surface area (TPSA) is 106 Å². The van der Waals surface area contributed by atoms with Gasteiger partial charge in [-0.25, -0.2) is 10.2 Å². The summed E-state index contributed by atoms with van der Waals surface area (Å²) < 4.78 is 6.43. The van der Waals surface area contributed by atoms with Crippen molar-refractivity contribution in [2.45, 2.75) is 39.7 Å². The molecule has 0 aliphatic heterocycles. The zero-order chi connectivity index (χ0) is 28.2. The van der Waals surface area contributed by atoms with Gasteiger partial charge in [0.1, 0.15) is 5.69 Å². The minimum Gasteiger partial charge on any atom is -0.504 e. The van der Waals surface area contributed by atoms with Gasteiger partial charge in [0.15, 0.2) is 11.4 Å². The summed E-state index contributed by atoms with van der Waals surface area (Å²) in [5.74, 6) is -0.972. The van der Waals surface area contributed by atoms with Gasteiger partial charge >= 0.3 is 5.97 Å². The molecule has 1 amide bonds. The van der Waals surface area contributed by atoms with Crippen LogP contribution in [0.3, 0.4) is 0 Å². The number of nitrogens with zero attached hydrogens (tertiary/aromatic N) is 3. The lowest BCUT2D eigenvalue weighted by atomic mass is 9.86. The van der Waals surface area contributed by atoms with Crippen LogP contribution < -0.4 is 5.43 Å². The van der Waals surface area contributed by atoms with E-state index in [-0.39, 0.29) is 16.9 Å². The highest BCUT2D eigenvalue weighted by atomic mass is 16.5. The summed E-state index contributed by atoms with van der Waals surface area (Å²) in [6.45, 7) is 8.56. The van der Waals surface area contributed by atoms with Gasteiger partial charge in [-0.2, -0.15) is 10.2 Å². The van der Waals surface area contributed by atoms with E-state index in [0.29, 0.717) is 29.1 Å². The lowest BCUT2D eigenvalue weighted by molar-refractivity contribution is 0.0600. The molecule has 2 N–H and O–H groups in total. The van der Waals surface area contributed by atoms with Crippen LogP contribution in [0.1, 0.15) is 65.2 Å². The molecule has 0 aliphatic carbocycles. The van der Waals surface area contributed by atoms with Crippen LogP contribution in [0.2, 0.25) is 0 Å². The summed E-state index contributed by atoms with van der Waals surface area (Å²) >= 11 is 0. The van der Waals surface area contributed by atoms with Crippen molar-refractivity contribution in [3.63, 3.8) is 0 Å². The Labute approximate surface area is 228 Å². The number of rotatable bonds is 7. The van der Waals surface area contributed by atoms with Crippen LogP contribution in [0, 0.1) is 0 Å². The third-order valence-corrected chi connectivity index (χ3v) is 6.36. The maximum Gasteiger partial charge on any atom is 0.337 e.